The van der Waals surface area contributed by atoms with Crippen molar-refractivity contribution in [2.24, 2.45) is 5.41 Å². The lowest BCUT2D eigenvalue weighted by molar-refractivity contribution is -0.162. The molecule has 1 saturated carbocycles. The third kappa shape index (κ3) is 5.04. The molecular weight excluding hydrogens is 324 g/mol. The smallest absolute Gasteiger partial charge is 0.328 e. The summed E-state index contributed by atoms with van der Waals surface area (Å²) in [6.07, 6.45) is 7.60. The molecule has 1 aliphatic carbocycles. The lowest BCUT2D eigenvalue weighted by Gasteiger charge is -2.34. The molecule has 0 bridgehead atoms. The van der Waals surface area contributed by atoms with E-state index in [0.717, 1.165) is 32.1 Å². The molecule has 0 radical (unpaired) electrons. The number of hydrogen-bond acceptors (Lipinski definition) is 5. The summed E-state index contributed by atoms with van der Waals surface area (Å²) in [5.74, 6) is -0.127. The summed E-state index contributed by atoms with van der Waals surface area (Å²) < 4.78 is 12.3. The van der Waals surface area contributed by atoms with Gasteiger partial charge in [0.25, 0.3) is 5.56 Å². The highest BCUT2D eigenvalue weighted by Gasteiger charge is 2.39. The van der Waals surface area contributed by atoms with Crippen molar-refractivity contribution in [3.05, 3.63) is 33.1 Å². The number of H-pyrrole nitrogens is 1. The van der Waals surface area contributed by atoms with Crippen LogP contribution in [-0.4, -0.2) is 35.3 Å². The van der Waals surface area contributed by atoms with Gasteiger partial charge in [-0.15, -0.1) is 0 Å². The van der Waals surface area contributed by atoms with E-state index >= 15 is 0 Å². The first-order chi connectivity index (χ1) is 12.0. The van der Waals surface area contributed by atoms with Gasteiger partial charge in [0.2, 0.25) is 0 Å². The zero-order chi connectivity index (χ0) is 18.3. The average molecular weight is 352 g/mol. The average Bonchev–Trinajstić information content (AvgIpc) is 2.63. The van der Waals surface area contributed by atoms with Crippen LogP contribution in [0.25, 0.3) is 0 Å². The van der Waals surface area contributed by atoms with Crippen LogP contribution in [-0.2, 0) is 20.8 Å². The first kappa shape index (κ1) is 19.4. The highest BCUT2D eigenvalue weighted by atomic mass is 16.6. The molecule has 0 aliphatic heterocycles. The van der Waals surface area contributed by atoms with Gasteiger partial charge in [-0.3, -0.25) is 14.6 Å². The van der Waals surface area contributed by atoms with Crippen molar-refractivity contribution in [1.82, 2.24) is 9.55 Å². The van der Waals surface area contributed by atoms with Gasteiger partial charge in [-0.2, -0.15) is 0 Å². The maximum Gasteiger partial charge on any atom is 0.328 e. The maximum absolute atomic E-state index is 12.6. The van der Waals surface area contributed by atoms with E-state index in [4.69, 9.17) is 9.47 Å². The number of ether oxygens (including phenoxy) is 2. The molecule has 0 saturated heterocycles. The largest absolute Gasteiger partial charge is 0.463 e. The first-order valence-electron chi connectivity index (χ1n) is 9.00. The van der Waals surface area contributed by atoms with Gasteiger partial charge in [0.05, 0.1) is 11.5 Å². The number of carbonyl (C=O) groups is 1. The molecule has 0 spiro atoms. The van der Waals surface area contributed by atoms with Crippen LogP contribution < -0.4 is 11.2 Å². The molecule has 1 fully saturated rings. The van der Waals surface area contributed by atoms with Crippen LogP contribution in [0.1, 0.15) is 51.9 Å². The third-order valence-corrected chi connectivity index (χ3v) is 5.24. The minimum atomic E-state index is -0.452. The Morgan fingerprint density at radius 2 is 2.04 bits per heavy atom. The van der Waals surface area contributed by atoms with Crippen molar-refractivity contribution in [3.63, 3.8) is 0 Å². The number of aromatic amines is 1. The van der Waals surface area contributed by atoms with E-state index in [2.05, 4.69) is 4.98 Å². The second-order valence-corrected chi connectivity index (χ2v) is 6.74. The van der Waals surface area contributed by atoms with E-state index in [1.807, 2.05) is 6.92 Å². The molecule has 1 N–H and O–H groups in total. The fourth-order valence-corrected chi connectivity index (χ4v) is 3.42. The Kier molecular flexibility index (Phi) is 6.99. The summed E-state index contributed by atoms with van der Waals surface area (Å²) in [7, 11) is 1.56. The molecule has 1 atom stereocenters. The Morgan fingerprint density at radius 3 is 2.64 bits per heavy atom. The summed E-state index contributed by atoms with van der Waals surface area (Å²) in [5, 5.41) is 0. The molecule has 2 rings (SSSR count). The van der Waals surface area contributed by atoms with Crippen LogP contribution in [0.4, 0.5) is 0 Å². The fraction of sp³-hybridized carbons (Fsp3) is 0.722. The van der Waals surface area contributed by atoms with Crippen molar-refractivity contribution in [3.8, 4) is 0 Å². The van der Waals surface area contributed by atoms with Gasteiger partial charge in [-0.1, -0.05) is 26.2 Å². The lowest BCUT2D eigenvalue weighted by atomic mass is 9.72. The molecular formula is C18H28N2O5. The number of aryl methyl sites for hydroxylation is 1. The first-order valence-corrected chi connectivity index (χ1v) is 9.00. The highest BCUT2D eigenvalue weighted by molar-refractivity contribution is 5.76. The predicted molar refractivity (Wildman–Crippen MR) is 93.5 cm³/mol. The van der Waals surface area contributed by atoms with Gasteiger partial charge >= 0.3 is 11.7 Å². The maximum atomic E-state index is 12.6. The number of carbonyl (C=O) groups excluding carboxylic acids is 1. The Hall–Kier alpha value is -1.89. The Balaban J connectivity index is 1.87. The van der Waals surface area contributed by atoms with Crippen molar-refractivity contribution >= 4 is 5.97 Å². The van der Waals surface area contributed by atoms with Crippen molar-refractivity contribution in [2.75, 3.05) is 13.7 Å². The monoisotopic (exact) mass is 352 g/mol. The number of rotatable bonds is 8. The molecule has 1 aliphatic rings. The third-order valence-electron chi connectivity index (χ3n) is 5.24. The van der Waals surface area contributed by atoms with Crippen LogP contribution in [0.2, 0.25) is 0 Å². The Labute approximate surface area is 147 Å². The van der Waals surface area contributed by atoms with Crippen molar-refractivity contribution in [2.45, 2.75) is 64.5 Å². The van der Waals surface area contributed by atoms with E-state index in [1.54, 1.807) is 7.11 Å². The quantitative estimate of drug-likeness (QED) is 0.721. The molecule has 7 heteroatoms. The van der Waals surface area contributed by atoms with Gasteiger partial charge in [0, 0.05) is 25.9 Å². The van der Waals surface area contributed by atoms with Crippen molar-refractivity contribution < 1.29 is 14.3 Å². The second kappa shape index (κ2) is 8.99. The normalized spacial score (nSPS) is 17.8. The number of hydrogen-bond donors (Lipinski definition) is 1. The zero-order valence-electron chi connectivity index (χ0n) is 15.1. The van der Waals surface area contributed by atoms with Gasteiger partial charge in [-0.25, -0.2) is 4.79 Å². The fourth-order valence-electron chi connectivity index (χ4n) is 3.42. The van der Waals surface area contributed by atoms with E-state index in [-0.39, 0.29) is 24.1 Å². The van der Waals surface area contributed by atoms with Gasteiger partial charge < -0.3 is 14.0 Å². The summed E-state index contributed by atoms with van der Waals surface area (Å²) in [6, 6.07) is 1.30. The number of methoxy groups -OCH3 is 1. The lowest BCUT2D eigenvalue weighted by Crippen LogP contribution is -2.36. The summed E-state index contributed by atoms with van der Waals surface area (Å²) in [6.45, 7) is 2.60. The van der Waals surface area contributed by atoms with Gasteiger partial charge in [0.15, 0.2) is 0 Å². The summed E-state index contributed by atoms with van der Waals surface area (Å²) in [5.41, 5.74) is -1.21. The van der Waals surface area contributed by atoms with Gasteiger partial charge in [-0.05, 0) is 25.7 Å². The summed E-state index contributed by atoms with van der Waals surface area (Å²) >= 11 is 0. The second-order valence-electron chi connectivity index (χ2n) is 6.74. The van der Waals surface area contributed by atoms with E-state index in [0.29, 0.717) is 13.0 Å². The van der Waals surface area contributed by atoms with Crippen LogP contribution in [0, 0.1) is 5.41 Å². The van der Waals surface area contributed by atoms with Crippen LogP contribution >= 0.6 is 0 Å². The van der Waals surface area contributed by atoms with Crippen molar-refractivity contribution in [1.29, 1.82) is 0 Å². The standard InChI is InChI=1S/C18H28N2O5/c1-3-18(9-5-4-6-10-18)16(22)25-13-14(24-2)7-11-20-12-8-15(21)19-17(20)23/h8,12,14H,3-7,9-11,13H2,1-2H3,(H,19,21,23). The van der Waals surface area contributed by atoms with Gasteiger partial charge in [0.1, 0.15) is 6.61 Å². The Morgan fingerprint density at radius 1 is 1.32 bits per heavy atom. The van der Waals surface area contributed by atoms with Crippen LogP contribution in [0.5, 0.6) is 0 Å². The minimum Gasteiger partial charge on any atom is -0.463 e. The van der Waals surface area contributed by atoms with Crippen LogP contribution in [0.15, 0.2) is 21.9 Å². The number of nitrogens with zero attached hydrogens (tertiary/aromatic N) is 1. The van der Waals surface area contributed by atoms with E-state index in [9.17, 15) is 14.4 Å². The molecule has 0 aromatic carbocycles. The highest BCUT2D eigenvalue weighted by Crippen LogP contribution is 2.40. The summed E-state index contributed by atoms with van der Waals surface area (Å²) in [4.78, 5) is 37.5. The molecule has 1 heterocycles. The number of nitrogens with one attached hydrogen (secondary N) is 1. The molecule has 7 nitrogen and oxygen atoms in total. The molecule has 140 valence electrons. The molecule has 0 amide bonds. The molecule has 1 unspecified atom stereocenters. The molecule has 1 aromatic heterocycles. The zero-order valence-corrected chi connectivity index (χ0v) is 15.1. The predicted octanol–water partition coefficient (Wildman–Crippen LogP) is 1.85. The Bertz CT molecular complexity index is 673. The van der Waals surface area contributed by atoms with E-state index < -0.39 is 11.2 Å². The van der Waals surface area contributed by atoms with E-state index in [1.165, 1.54) is 23.3 Å². The topological polar surface area (TPSA) is 90.4 Å². The van der Waals surface area contributed by atoms with Crippen LogP contribution in [0.3, 0.4) is 0 Å². The number of esters is 1. The SMILES string of the molecule is CCC1(C(=O)OCC(CCn2ccc(=O)[nH]c2=O)OC)CCCCC1. The minimum absolute atomic E-state index is 0.127. The number of aromatic nitrogens is 2. The molecule has 25 heavy (non-hydrogen) atoms. The molecule has 1 aromatic rings.